The number of nitrogens with zero attached hydrogens (tertiary/aromatic N) is 4. The molecule has 1 saturated heterocycles. The van der Waals surface area contributed by atoms with Crippen LogP contribution < -0.4 is 5.32 Å². The van der Waals surface area contributed by atoms with Crippen molar-refractivity contribution < 1.29 is 14.1 Å². The minimum atomic E-state index is -0.0523. The molecule has 0 unspecified atom stereocenters. The zero-order valence-electron chi connectivity index (χ0n) is 17.9. The number of hydrogen-bond donors (Lipinski definition) is 1. The van der Waals surface area contributed by atoms with Crippen molar-refractivity contribution >= 4 is 34.3 Å². The molecular weight excluding hydrogens is 414 g/mol. The number of pyridine rings is 1. The third-order valence-corrected chi connectivity index (χ3v) is 6.39. The molecule has 3 aromatic heterocycles. The van der Waals surface area contributed by atoms with Crippen molar-refractivity contribution in [1.29, 1.82) is 0 Å². The van der Waals surface area contributed by atoms with Crippen molar-refractivity contribution in [2.24, 2.45) is 0 Å². The summed E-state index contributed by atoms with van der Waals surface area (Å²) in [6.45, 7) is 7.50. The summed E-state index contributed by atoms with van der Waals surface area (Å²) >= 11 is 1.57. The Morgan fingerprint density at radius 3 is 2.77 bits per heavy atom. The van der Waals surface area contributed by atoms with Crippen molar-refractivity contribution in [3.63, 3.8) is 0 Å². The number of nitrogens with one attached hydrogen (secondary N) is 1. The number of unbranched alkanes of at least 4 members (excludes halogenated alkanes) is 1. The molecule has 0 aliphatic carbocycles. The third kappa shape index (κ3) is 4.77. The maximum absolute atomic E-state index is 13.4. The largest absolute Gasteiger partial charge is 0.355 e. The predicted molar refractivity (Wildman–Crippen MR) is 120 cm³/mol. The van der Waals surface area contributed by atoms with E-state index in [9.17, 15) is 9.59 Å². The van der Waals surface area contributed by atoms with Gasteiger partial charge in [-0.05, 0) is 30.9 Å². The number of piperazine rings is 1. The van der Waals surface area contributed by atoms with Gasteiger partial charge in [-0.15, -0.1) is 11.3 Å². The van der Waals surface area contributed by atoms with E-state index in [0.29, 0.717) is 60.8 Å². The Labute approximate surface area is 185 Å². The van der Waals surface area contributed by atoms with Crippen LogP contribution in [0.4, 0.5) is 0 Å². The summed E-state index contributed by atoms with van der Waals surface area (Å²) in [5, 5.41) is 9.62. The maximum atomic E-state index is 13.4. The van der Waals surface area contributed by atoms with E-state index in [1.165, 1.54) is 0 Å². The van der Waals surface area contributed by atoms with Gasteiger partial charge in [0, 0.05) is 32.7 Å². The van der Waals surface area contributed by atoms with Crippen LogP contribution in [-0.4, -0.2) is 71.0 Å². The molecule has 31 heavy (non-hydrogen) atoms. The normalized spacial score (nSPS) is 14.8. The molecule has 1 aliphatic rings. The molecule has 2 amide bonds. The second kappa shape index (κ2) is 9.57. The molecule has 8 nitrogen and oxygen atoms in total. The summed E-state index contributed by atoms with van der Waals surface area (Å²) in [4.78, 5) is 35.0. The second-order valence-electron chi connectivity index (χ2n) is 7.75. The molecule has 1 aliphatic heterocycles. The lowest BCUT2D eigenvalue weighted by Crippen LogP contribution is -2.51. The van der Waals surface area contributed by atoms with Gasteiger partial charge >= 0.3 is 0 Å². The highest BCUT2D eigenvalue weighted by Gasteiger charge is 2.27. The highest BCUT2D eigenvalue weighted by molar-refractivity contribution is 7.13. The van der Waals surface area contributed by atoms with Crippen LogP contribution in [0.25, 0.3) is 21.7 Å². The van der Waals surface area contributed by atoms with Crippen molar-refractivity contribution in [2.75, 3.05) is 39.3 Å². The van der Waals surface area contributed by atoms with Crippen LogP contribution in [0.2, 0.25) is 0 Å². The number of amides is 2. The molecule has 4 heterocycles. The van der Waals surface area contributed by atoms with Gasteiger partial charge in [0.1, 0.15) is 0 Å². The monoisotopic (exact) mass is 441 g/mol. The lowest BCUT2D eigenvalue weighted by molar-refractivity contribution is -0.122. The molecule has 0 saturated carbocycles. The predicted octanol–water partition coefficient (Wildman–Crippen LogP) is 2.93. The number of carbonyl (C=O) groups is 2. The van der Waals surface area contributed by atoms with Gasteiger partial charge in [0.2, 0.25) is 5.91 Å². The van der Waals surface area contributed by atoms with Gasteiger partial charge in [0.25, 0.3) is 11.6 Å². The van der Waals surface area contributed by atoms with Crippen LogP contribution in [0.5, 0.6) is 0 Å². The van der Waals surface area contributed by atoms with Gasteiger partial charge in [0.05, 0.1) is 33.8 Å². The number of carbonyl (C=O) groups excluding carboxylic acids is 2. The van der Waals surface area contributed by atoms with Crippen LogP contribution >= 0.6 is 11.3 Å². The van der Waals surface area contributed by atoms with Crippen molar-refractivity contribution in [1.82, 2.24) is 25.3 Å². The zero-order valence-corrected chi connectivity index (χ0v) is 18.7. The number of hydrogen-bond acceptors (Lipinski definition) is 7. The van der Waals surface area contributed by atoms with Crippen LogP contribution in [0.1, 0.15) is 35.8 Å². The number of aromatic nitrogens is 2. The summed E-state index contributed by atoms with van der Waals surface area (Å²) in [7, 11) is 0. The average molecular weight is 442 g/mol. The van der Waals surface area contributed by atoms with E-state index < -0.39 is 0 Å². The minimum absolute atomic E-state index is 0.0461. The first-order chi connectivity index (χ1) is 15.1. The molecule has 9 heteroatoms. The molecule has 164 valence electrons. The fourth-order valence-electron chi connectivity index (χ4n) is 3.76. The Morgan fingerprint density at radius 1 is 1.26 bits per heavy atom. The number of thiophene rings is 1. The Bertz CT molecular complexity index is 1050. The van der Waals surface area contributed by atoms with Gasteiger partial charge in [0.15, 0.2) is 0 Å². The molecular formula is C22H27N5O3S. The van der Waals surface area contributed by atoms with Crippen LogP contribution in [-0.2, 0) is 4.79 Å². The topological polar surface area (TPSA) is 91.6 Å². The first-order valence-electron chi connectivity index (χ1n) is 10.7. The summed E-state index contributed by atoms with van der Waals surface area (Å²) in [5.41, 5.74) is 2.32. The van der Waals surface area contributed by atoms with E-state index in [0.717, 1.165) is 24.3 Å². The summed E-state index contributed by atoms with van der Waals surface area (Å²) in [6.07, 6.45) is 2.05. The zero-order chi connectivity index (χ0) is 21.8. The second-order valence-corrected chi connectivity index (χ2v) is 8.70. The molecule has 4 rings (SSSR count). The molecule has 0 bridgehead atoms. The van der Waals surface area contributed by atoms with E-state index in [-0.39, 0.29) is 11.8 Å². The molecule has 0 radical (unpaired) electrons. The first-order valence-corrected chi connectivity index (χ1v) is 11.5. The quantitative estimate of drug-likeness (QED) is 0.567. The van der Waals surface area contributed by atoms with E-state index in [4.69, 9.17) is 4.52 Å². The fourth-order valence-corrected chi connectivity index (χ4v) is 4.44. The molecule has 0 aromatic carbocycles. The Kier molecular flexibility index (Phi) is 6.62. The Balaban J connectivity index is 1.47. The lowest BCUT2D eigenvalue weighted by atomic mass is 10.1. The van der Waals surface area contributed by atoms with Crippen molar-refractivity contribution in [3.8, 4) is 10.6 Å². The van der Waals surface area contributed by atoms with Crippen molar-refractivity contribution in [2.45, 2.75) is 26.7 Å². The van der Waals surface area contributed by atoms with Crippen LogP contribution in [0, 0.1) is 6.92 Å². The smallest absolute Gasteiger partial charge is 0.259 e. The summed E-state index contributed by atoms with van der Waals surface area (Å²) in [5.74, 6) is -0.00620. The van der Waals surface area contributed by atoms with E-state index in [2.05, 4.69) is 27.3 Å². The Morgan fingerprint density at radius 2 is 2.06 bits per heavy atom. The summed E-state index contributed by atoms with van der Waals surface area (Å²) in [6, 6.07) is 5.77. The van der Waals surface area contributed by atoms with E-state index >= 15 is 0 Å². The highest BCUT2D eigenvalue weighted by Crippen LogP contribution is 2.30. The number of fused-ring (bicyclic) bond motifs is 1. The highest BCUT2D eigenvalue weighted by atomic mass is 32.1. The maximum Gasteiger partial charge on any atom is 0.259 e. The van der Waals surface area contributed by atoms with Gasteiger partial charge in [-0.3, -0.25) is 14.5 Å². The van der Waals surface area contributed by atoms with Crippen LogP contribution in [0.3, 0.4) is 0 Å². The molecule has 0 atom stereocenters. The molecule has 1 N–H and O–H groups in total. The molecule has 0 spiro atoms. The lowest BCUT2D eigenvalue weighted by Gasteiger charge is -2.34. The SMILES string of the molecule is CCCCNC(=O)CN1CCN(C(=O)c2cc(-c3cccs3)nc3onc(C)c23)CC1. The fraction of sp³-hybridized carbons (Fsp3) is 0.455. The number of rotatable bonds is 7. The number of aryl methyl sites for hydroxylation is 1. The van der Waals surface area contributed by atoms with Crippen molar-refractivity contribution in [3.05, 3.63) is 34.8 Å². The van der Waals surface area contributed by atoms with E-state index in [1.54, 1.807) is 11.3 Å². The average Bonchev–Trinajstić information content (AvgIpc) is 3.44. The van der Waals surface area contributed by atoms with Gasteiger partial charge < -0.3 is 14.7 Å². The van der Waals surface area contributed by atoms with Gasteiger partial charge in [-0.2, -0.15) is 0 Å². The standard InChI is InChI=1S/C22H27N5O3S/c1-3-4-7-23-19(28)14-26-8-10-27(11-9-26)22(29)16-13-17(18-6-5-12-31-18)24-21-20(16)15(2)25-30-21/h5-6,12-13H,3-4,7-11,14H2,1-2H3,(H,23,28). The third-order valence-electron chi connectivity index (χ3n) is 5.50. The van der Waals surface area contributed by atoms with Gasteiger partial charge in [-0.1, -0.05) is 24.6 Å². The molecule has 1 fully saturated rings. The first kappa shape index (κ1) is 21.5. The Hall–Kier alpha value is -2.78. The van der Waals surface area contributed by atoms with Crippen LogP contribution in [0.15, 0.2) is 28.1 Å². The molecule has 3 aromatic rings. The minimum Gasteiger partial charge on any atom is -0.355 e. The van der Waals surface area contributed by atoms with Gasteiger partial charge in [-0.25, -0.2) is 4.98 Å². The van der Waals surface area contributed by atoms with E-state index in [1.807, 2.05) is 35.4 Å². The summed E-state index contributed by atoms with van der Waals surface area (Å²) < 4.78 is 5.39.